The third-order valence-corrected chi connectivity index (χ3v) is 3.86. The van der Waals surface area contributed by atoms with Gasteiger partial charge in [0.2, 0.25) is 5.91 Å². The summed E-state index contributed by atoms with van der Waals surface area (Å²) in [5, 5.41) is 0. The van der Waals surface area contributed by atoms with Crippen molar-refractivity contribution in [3.05, 3.63) is 0 Å². The molecule has 0 saturated carbocycles. The SMILES string of the molecule is COC(=O)N1CCCCC1C(=O)N1CCCCC1. The van der Waals surface area contributed by atoms with E-state index in [0.29, 0.717) is 6.54 Å². The number of likely N-dealkylation sites (tertiary alicyclic amines) is 2. The lowest BCUT2D eigenvalue weighted by Gasteiger charge is -2.37. The topological polar surface area (TPSA) is 49.9 Å². The molecule has 0 aliphatic carbocycles. The van der Waals surface area contributed by atoms with Crippen molar-refractivity contribution in [2.24, 2.45) is 0 Å². The Morgan fingerprint density at radius 2 is 1.67 bits per heavy atom. The highest BCUT2D eigenvalue weighted by Gasteiger charge is 2.35. The number of methoxy groups -OCH3 is 1. The lowest BCUT2D eigenvalue weighted by Crippen LogP contribution is -2.53. The Kier molecular flexibility index (Phi) is 4.44. The summed E-state index contributed by atoms with van der Waals surface area (Å²) in [5.74, 6) is 0.111. The van der Waals surface area contributed by atoms with Crippen molar-refractivity contribution in [3.63, 3.8) is 0 Å². The summed E-state index contributed by atoms with van der Waals surface area (Å²) >= 11 is 0. The molecule has 102 valence electrons. The fourth-order valence-electron chi connectivity index (χ4n) is 2.85. The van der Waals surface area contributed by atoms with Crippen LogP contribution in [0.15, 0.2) is 0 Å². The van der Waals surface area contributed by atoms with E-state index < -0.39 is 0 Å². The highest BCUT2D eigenvalue weighted by molar-refractivity contribution is 5.86. The van der Waals surface area contributed by atoms with E-state index in [0.717, 1.165) is 45.2 Å². The van der Waals surface area contributed by atoms with Crippen molar-refractivity contribution in [1.82, 2.24) is 9.80 Å². The first kappa shape index (κ1) is 13.2. The van der Waals surface area contributed by atoms with Gasteiger partial charge in [-0.3, -0.25) is 9.69 Å². The van der Waals surface area contributed by atoms with Crippen LogP contribution in [0.4, 0.5) is 4.79 Å². The summed E-state index contributed by atoms with van der Waals surface area (Å²) in [5.41, 5.74) is 0. The van der Waals surface area contributed by atoms with Crippen molar-refractivity contribution in [2.45, 2.75) is 44.6 Å². The first-order chi connectivity index (χ1) is 8.74. The zero-order chi connectivity index (χ0) is 13.0. The Balaban J connectivity index is 2.03. The zero-order valence-electron chi connectivity index (χ0n) is 11.1. The molecule has 5 heteroatoms. The van der Waals surface area contributed by atoms with Crippen LogP contribution in [0.1, 0.15) is 38.5 Å². The number of rotatable bonds is 1. The molecule has 1 unspecified atom stereocenters. The average Bonchev–Trinajstić information content (AvgIpc) is 2.46. The minimum absolute atomic E-state index is 0.111. The number of ether oxygens (including phenoxy) is 1. The largest absolute Gasteiger partial charge is 0.453 e. The Bertz CT molecular complexity index is 313. The van der Waals surface area contributed by atoms with Gasteiger partial charge in [-0.05, 0) is 38.5 Å². The second-order valence-electron chi connectivity index (χ2n) is 5.06. The Morgan fingerprint density at radius 1 is 1.00 bits per heavy atom. The molecule has 0 aromatic heterocycles. The summed E-state index contributed by atoms with van der Waals surface area (Å²) in [6, 6.07) is -0.302. The molecule has 0 aromatic rings. The third-order valence-electron chi connectivity index (χ3n) is 3.86. The van der Waals surface area contributed by atoms with Crippen LogP contribution in [0.2, 0.25) is 0 Å². The second-order valence-corrected chi connectivity index (χ2v) is 5.06. The van der Waals surface area contributed by atoms with E-state index in [4.69, 9.17) is 4.74 Å². The number of carbonyl (C=O) groups excluding carboxylic acids is 2. The van der Waals surface area contributed by atoms with Gasteiger partial charge in [0.05, 0.1) is 7.11 Å². The highest BCUT2D eigenvalue weighted by atomic mass is 16.5. The normalized spacial score (nSPS) is 24.8. The van der Waals surface area contributed by atoms with Crippen LogP contribution in [0.3, 0.4) is 0 Å². The highest BCUT2D eigenvalue weighted by Crippen LogP contribution is 2.21. The molecule has 0 radical (unpaired) electrons. The average molecular weight is 254 g/mol. The maximum Gasteiger partial charge on any atom is 0.410 e. The van der Waals surface area contributed by atoms with Gasteiger partial charge < -0.3 is 9.64 Å². The Hall–Kier alpha value is -1.26. The van der Waals surface area contributed by atoms with Gasteiger partial charge in [-0.1, -0.05) is 0 Å². The van der Waals surface area contributed by atoms with Crippen molar-refractivity contribution in [3.8, 4) is 0 Å². The molecule has 0 N–H and O–H groups in total. The second kappa shape index (κ2) is 6.07. The van der Waals surface area contributed by atoms with E-state index in [-0.39, 0.29) is 18.0 Å². The van der Waals surface area contributed by atoms with Crippen LogP contribution in [0, 0.1) is 0 Å². The summed E-state index contributed by atoms with van der Waals surface area (Å²) in [6.07, 6.45) is 5.73. The van der Waals surface area contributed by atoms with E-state index in [1.807, 2.05) is 4.90 Å². The number of hydrogen-bond donors (Lipinski definition) is 0. The van der Waals surface area contributed by atoms with Gasteiger partial charge in [0.25, 0.3) is 0 Å². The lowest BCUT2D eigenvalue weighted by molar-refractivity contribution is -0.138. The first-order valence-corrected chi connectivity index (χ1v) is 6.87. The maximum absolute atomic E-state index is 12.5. The molecule has 2 fully saturated rings. The number of piperidine rings is 2. The summed E-state index contributed by atoms with van der Waals surface area (Å²) < 4.78 is 4.77. The fraction of sp³-hybridized carbons (Fsp3) is 0.846. The molecule has 2 rings (SSSR count). The van der Waals surface area contributed by atoms with Gasteiger partial charge in [-0.15, -0.1) is 0 Å². The molecule has 2 heterocycles. The van der Waals surface area contributed by atoms with E-state index in [1.165, 1.54) is 13.5 Å². The molecule has 1 atom stereocenters. The predicted octanol–water partition coefficient (Wildman–Crippen LogP) is 1.62. The van der Waals surface area contributed by atoms with Crippen molar-refractivity contribution in [2.75, 3.05) is 26.7 Å². The van der Waals surface area contributed by atoms with Crippen LogP contribution in [0.5, 0.6) is 0 Å². The Morgan fingerprint density at radius 3 is 2.33 bits per heavy atom. The monoisotopic (exact) mass is 254 g/mol. The lowest BCUT2D eigenvalue weighted by atomic mass is 10.00. The van der Waals surface area contributed by atoms with Gasteiger partial charge in [0.15, 0.2) is 0 Å². The van der Waals surface area contributed by atoms with Crippen molar-refractivity contribution in [1.29, 1.82) is 0 Å². The van der Waals surface area contributed by atoms with E-state index in [9.17, 15) is 9.59 Å². The Labute approximate surface area is 108 Å². The van der Waals surface area contributed by atoms with Crippen molar-refractivity contribution >= 4 is 12.0 Å². The van der Waals surface area contributed by atoms with E-state index in [1.54, 1.807) is 4.90 Å². The molecule has 2 aliphatic rings. The molecule has 5 nitrogen and oxygen atoms in total. The van der Waals surface area contributed by atoms with Crippen LogP contribution < -0.4 is 0 Å². The smallest absolute Gasteiger partial charge is 0.410 e. The van der Waals surface area contributed by atoms with E-state index >= 15 is 0 Å². The van der Waals surface area contributed by atoms with Gasteiger partial charge in [-0.2, -0.15) is 0 Å². The van der Waals surface area contributed by atoms with Crippen molar-refractivity contribution < 1.29 is 14.3 Å². The van der Waals surface area contributed by atoms with E-state index in [2.05, 4.69) is 0 Å². The van der Waals surface area contributed by atoms with Crippen LogP contribution in [-0.4, -0.2) is 54.6 Å². The van der Waals surface area contributed by atoms with Crippen LogP contribution >= 0.6 is 0 Å². The maximum atomic E-state index is 12.5. The quantitative estimate of drug-likeness (QED) is 0.714. The fourth-order valence-corrected chi connectivity index (χ4v) is 2.85. The molecular formula is C13H22N2O3. The molecule has 2 saturated heterocycles. The standard InChI is InChI=1S/C13H22N2O3/c1-18-13(17)15-10-6-3-7-11(15)12(16)14-8-4-2-5-9-14/h11H,2-10H2,1H3. The summed E-state index contributed by atoms with van der Waals surface area (Å²) in [4.78, 5) is 27.7. The molecule has 0 bridgehead atoms. The number of hydrogen-bond acceptors (Lipinski definition) is 3. The predicted molar refractivity (Wildman–Crippen MR) is 67.2 cm³/mol. The zero-order valence-corrected chi connectivity index (χ0v) is 11.1. The molecule has 0 aromatic carbocycles. The number of nitrogens with zero attached hydrogens (tertiary/aromatic N) is 2. The number of carbonyl (C=O) groups is 2. The molecule has 2 amide bonds. The third kappa shape index (κ3) is 2.76. The van der Waals surface area contributed by atoms with Gasteiger partial charge in [0, 0.05) is 19.6 Å². The molecule has 0 spiro atoms. The van der Waals surface area contributed by atoms with Gasteiger partial charge in [-0.25, -0.2) is 4.79 Å². The summed E-state index contributed by atoms with van der Waals surface area (Å²) in [6.45, 7) is 2.31. The van der Waals surface area contributed by atoms with Gasteiger partial charge in [0.1, 0.15) is 6.04 Å². The molecular weight excluding hydrogens is 232 g/mol. The summed E-state index contributed by atoms with van der Waals surface area (Å²) in [7, 11) is 1.37. The van der Waals surface area contributed by atoms with Crippen LogP contribution in [-0.2, 0) is 9.53 Å². The molecule has 18 heavy (non-hydrogen) atoms. The van der Waals surface area contributed by atoms with Crippen LogP contribution in [0.25, 0.3) is 0 Å². The number of amides is 2. The van der Waals surface area contributed by atoms with Gasteiger partial charge >= 0.3 is 6.09 Å². The minimum atomic E-state index is -0.370. The molecule has 2 aliphatic heterocycles. The first-order valence-electron chi connectivity index (χ1n) is 6.87. The minimum Gasteiger partial charge on any atom is -0.453 e.